The number of hydrogen-bond donors (Lipinski definition) is 4. The van der Waals surface area contributed by atoms with Crippen LogP contribution in [0.25, 0.3) is 0 Å². The molecular weight excluding hydrogens is 244 g/mol. The molecule has 0 unspecified atom stereocenters. The van der Waals surface area contributed by atoms with Crippen molar-refractivity contribution in [1.82, 2.24) is 0 Å². The fourth-order valence-corrected chi connectivity index (χ4v) is 1.99. The molecule has 1 saturated heterocycles. The quantitative estimate of drug-likeness (QED) is 0.388. The predicted octanol–water partition coefficient (Wildman–Crippen LogP) is -3.24. The molecule has 96 valence electrons. The van der Waals surface area contributed by atoms with E-state index in [-0.39, 0.29) is 0 Å². The van der Waals surface area contributed by atoms with Crippen LogP contribution in [0.5, 0.6) is 0 Å². The second-order valence-corrected chi connectivity index (χ2v) is 5.09. The first-order valence-electron chi connectivity index (χ1n) is 4.45. The van der Waals surface area contributed by atoms with E-state index < -0.39 is 47.4 Å². The summed E-state index contributed by atoms with van der Waals surface area (Å²) in [5, 5.41) is 37.0. The maximum Gasteiger partial charge on any atom is 0.264 e. The van der Waals surface area contributed by atoms with Crippen molar-refractivity contribution in [1.29, 1.82) is 0 Å². The van der Waals surface area contributed by atoms with Gasteiger partial charge in [0, 0.05) is 0 Å². The van der Waals surface area contributed by atoms with Gasteiger partial charge in [-0.25, -0.2) is 0 Å². The van der Waals surface area contributed by atoms with Gasteiger partial charge in [0.2, 0.25) is 0 Å². The lowest BCUT2D eigenvalue weighted by Gasteiger charge is -2.38. The van der Waals surface area contributed by atoms with Crippen molar-refractivity contribution in [2.75, 3.05) is 12.9 Å². The van der Waals surface area contributed by atoms with E-state index in [1.54, 1.807) is 0 Å². The Bertz CT molecular complexity index is 327. The third-order valence-electron chi connectivity index (χ3n) is 2.13. The Balaban J connectivity index is 2.80. The maximum atomic E-state index is 10.8. The molecule has 4 N–H and O–H groups in total. The molecule has 0 aromatic carbocycles. The number of rotatable bonds is 3. The van der Waals surface area contributed by atoms with Crippen molar-refractivity contribution in [2.24, 2.45) is 0 Å². The van der Waals surface area contributed by atoms with Crippen LogP contribution in [0.1, 0.15) is 0 Å². The van der Waals surface area contributed by atoms with Gasteiger partial charge >= 0.3 is 0 Å². The second-order valence-electron chi connectivity index (χ2n) is 3.49. The highest BCUT2D eigenvalue weighted by Gasteiger charge is 2.45. The monoisotopic (exact) mass is 258 g/mol. The van der Waals surface area contributed by atoms with Gasteiger partial charge in [0.05, 0.1) is 12.9 Å². The second kappa shape index (κ2) is 4.92. The Morgan fingerprint density at radius 3 is 2.25 bits per heavy atom. The molecule has 8 nitrogen and oxygen atoms in total. The molecule has 1 aliphatic rings. The molecule has 16 heavy (non-hydrogen) atoms. The highest BCUT2D eigenvalue weighted by molar-refractivity contribution is 7.86. The molecule has 0 aromatic heterocycles. The van der Waals surface area contributed by atoms with Crippen LogP contribution in [0.3, 0.4) is 0 Å². The fraction of sp³-hybridized carbons (Fsp3) is 1.00. The minimum absolute atomic E-state index is 0.624. The molecule has 0 saturated carbocycles. The summed E-state index contributed by atoms with van der Waals surface area (Å²) in [7, 11) is -3.91. The van der Waals surface area contributed by atoms with Crippen molar-refractivity contribution in [3.05, 3.63) is 0 Å². The highest BCUT2D eigenvalue weighted by atomic mass is 32.2. The van der Waals surface area contributed by atoms with Crippen LogP contribution in [0, 0.1) is 0 Å². The number of ether oxygens (including phenoxy) is 1. The molecule has 0 bridgehead atoms. The van der Waals surface area contributed by atoms with Crippen LogP contribution in [0.4, 0.5) is 0 Å². The van der Waals surface area contributed by atoms with E-state index >= 15 is 0 Å². The van der Waals surface area contributed by atoms with E-state index in [0.717, 1.165) is 6.26 Å². The summed E-state index contributed by atoms with van der Waals surface area (Å²) < 4.78 is 30.7. The summed E-state index contributed by atoms with van der Waals surface area (Å²) in [6.07, 6.45) is -7.03. The van der Waals surface area contributed by atoms with E-state index in [2.05, 4.69) is 8.92 Å². The Labute approximate surface area is 92.2 Å². The van der Waals surface area contributed by atoms with Gasteiger partial charge in [-0.15, -0.1) is 0 Å². The zero-order valence-electron chi connectivity index (χ0n) is 8.42. The minimum Gasteiger partial charge on any atom is -0.394 e. The zero-order valence-corrected chi connectivity index (χ0v) is 9.24. The Kier molecular flexibility index (Phi) is 4.23. The summed E-state index contributed by atoms with van der Waals surface area (Å²) in [5.74, 6) is 0. The largest absolute Gasteiger partial charge is 0.394 e. The van der Waals surface area contributed by atoms with Crippen LogP contribution in [0.15, 0.2) is 0 Å². The Morgan fingerprint density at radius 1 is 1.25 bits per heavy atom. The lowest BCUT2D eigenvalue weighted by Crippen LogP contribution is -2.59. The molecule has 0 spiro atoms. The van der Waals surface area contributed by atoms with Gasteiger partial charge < -0.3 is 25.2 Å². The molecule has 0 amide bonds. The molecule has 0 radical (unpaired) electrons. The number of hydrogen-bond acceptors (Lipinski definition) is 8. The third-order valence-corrected chi connectivity index (χ3v) is 2.70. The topological polar surface area (TPSA) is 134 Å². The van der Waals surface area contributed by atoms with Crippen LogP contribution < -0.4 is 0 Å². The van der Waals surface area contributed by atoms with Gasteiger partial charge in [-0.3, -0.25) is 4.18 Å². The van der Waals surface area contributed by atoms with Gasteiger partial charge in [-0.2, -0.15) is 8.42 Å². The molecule has 5 atom stereocenters. The summed E-state index contributed by atoms with van der Waals surface area (Å²) in [4.78, 5) is 0. The van der Waals surface area contributed by atoms with Crippen molar-refractivity contribution < 1.29 is 37.8 Å². The van der Waals surface area contributed by atoms with Gasteiger partial charge in [0.25, 0.3) is 10.1 Å². The van der Waals surface area contributed by atoms with Crippen molar-refractivity contribution in [3.8, 4) is 0 Å². The molecule has 1 fully saturated rings. The minimum atomic E-state index is -3.91. The normalized spacial score (nSPS) is 40.9. The Hall–Kier alpha value is -0.290. The van der Waals surface area contributed by atoms with Crippen molar-refractivity contribution in [3.63, 3.8) is 0 Å². The summed E-state index contributed by atoms with van der Waals surface area (Å²) in [5.41, 5.74) is 0. The molecule has 1 aliphatic heterocycles. The molecule has 1 rings (SSSR count). The zero-order chi connectivity index (χ0) is 12.5. The van der Waals surface area contributed by atoms with Crippen molar-refractivity contribution >= 4 is 10.1 Å². The lowest BCUT2D eigenvalue weighted by molar-refractivity contribution is -0.279. The van der Waals surface area contributed by atoms with Gasteiger partial charge in [0.15, 0.2) is 12.4 Å². The summed E-state index contributed by atoms with van der Waals surface area (Å²) >= 11 is 0. The van der Waals surface area contributed by atoms with Gasteiger partial charge in [0.1, 0.15) is 18.3 Å². The van der Waals surface area contributed by atoms with E-state index in [1.165, 1.54) is 0 Å². The lowest BCUT2D eigenvalue weighted by atomic mass is 9.99. The van der Waals surface area contributed by atoms with Gasteiger partial charge in [-0.1, -0.05) is 0 Å². The van der Waals surface area contributed by atoms with Crippen LogP contribution in [0.2, 0.25) is 0 Å². The van der Waals surface area contributed by atoms with Crippen molar-refractivity contribution in [2.45, 2.75) is 30.7 Å². The fourth-order valence-electron chi connectivity index (χ4n) is 1.38. The van der Waals surface area contributed by atoms with E-state index in [1.807, 2.05) is 0 Å². The average molecular weight is 258 g/mol. The Morgan fingerprint density at radius 2 is 1.81 bits per heavy atom. The van der Waals surface area contributed by atoms with Gasteiger partial charge in [-0.05, 0) is 0 Å². The van der Waals surface area contributed by atoms with E-state index in [0.29, 0.717) is 0 Å². The third kappa shape index (κ3) is 3.10. The smallest absolute Gasteiger partial charge is 0.264 e. The molecular formula is C7H14O8S. The molecule has 0 aromatic rings. The first-order valence-corrected chi connectivity index (χ1v) is 6.26. The van der Waals surface area contributed by atoms with Crippen LogP contribution >= 0.6 is 0 Å². The number of aliphatic hydroxyl groups excluding tert-OH is 4. The maximum absolute atomic E-state index is 10.8. The van der Waals surface area contributed by atoms with E-state index in [9.17, 15) is 23.7 Å². The molecule has 1 heterocycles. The van der Waals surface area contributed by atoms with Crippen LogP contribution in [-0.2, 0) is 19.0 Å². The first-order chi connectivity index (χ1) is 7.26. The average Bonchev–Trinajstić information content (AvgIpc) is 2.17. The highest BCUT2D eigenvalue weighted by Crippen LogP contribution is 2.23. The standard InChI is InChI=1S/C7H14O8S/c1-16(12,13)15-6-5(10)4(9)3(2-8)14-7(6)11/h3-11H,2H2,1H3/t3-,4+,5-,6+,7-/m0/s1. The molecule has 0 aliphatic carbocycles. The summed E-state index contributed by atoms with van der Waals surface area (Å²) in [6, 6.07) is 0. The first kappa shape index (κ1) is 13.8. The SMILES string of the molecule is CS(=O)(=O)O[C@@H]1[C@@H](O)[C@H](O)[C@H](CO)O[C@@H]1O. The van der Waals surface area contributed by atoms with E-state index in [4.69, 9.17) is 5.11 Å². The number of aliphatic hydroxyl groups is 4. The molecule has 9 heteroatoms. The summed E-state index contributed by atoms with van der Waals surface area (Å²) in [6.45, 7) is -0.624. The predicted molar refractivity (Wildman–Crippen MR) is 49.7 cm³/mol. The van der Waals surface area contributed by atoms with Crippen LogP contribution in [-0.4, -0.2) is 72.4 Å².